The lowest BCUT2D eigenvalue weighted by Crippen LogP contribution is -2.14. The molecule has 0 spiro atoms. The van der Waals surface area contributed by atoms with Crippen LogP contribution in [0, 0.1) is 6.92 Å². The third-order valence-corrected chi connectivity index (χ3v) is 5.00. The first-order chi connectivity index (χ1) is 11.6. The van der Waals surface area contributed by atoms with E-state index in [1.54, 1.807) is 12.1 Å². The number of anilines is 1. The van der Waals surface area contributed by atoms with Crippen molar-refractivity contribution in [2.75, 3.05) is 11.1 Å². The standard InChI is InChI=1S/C16H16N4O2S2/c1-10-17-16(20-19-10)24-9-14(21)18-12-6-4-11(5-7-12)15(22)13-3-2-8-23-13/h2-8,15,22H,9H2,1H3,(H,18,21)(H,17,19,20). The van der Waals surface area contributed by atoms with Gasteiger partial charge in [-0.2, -0.15) is 0 Å². The molecule has 3 rings (SSSR count). The summed E-state index contributed by atoms with van der Waals surface area (Å²) in [6, 6.07) is 11.0. The number of amides is 1. The molecule has 0 saturated heterocycles. The highest BCUT2D eigenvalue weighted by atomic mass is 32.2. The summed E-state index contributed by atoms with van der Waals surface area (Å²) in [5, 5.41) is 22.3. The number of aryl methyl sites for hydroxylation is 1. The predicted molar refractivity (Wildman–Crippen MR) is 95.3 cm³/mol. The molecule has 0 bridgehead atoms. The molecule has 124 valence electrons. The van der Waals surface area contributed by atoms with Crippen LogP contribution in [0.1, 0.15) is 22.4 Å². The Morgan fingerprint density at radius 1 is 1.38 bits per heavy atom. The predicted octanol–water partition coefficient (Wildman–Crippen LogP) is 2.99. The maximum Gasteiger partial charge on any atom is 0.234 e. The Hall–Kier alpha value is -2.16. The van der Waals surface area contributed by atoms with Gasteiger partial charge in [-0.1, -0.05) is 30.0 Å². The molecular formula is C16H16N4O2S2. The number of rotatable bonds is 6. The van der Waals surface area contributed by atoms with Gasteiger partial charge in [-0.15, -0.1) is 16.4 Å². The van der Waals surface area contributed by atoms with Gasteiger partial charge in [0.05, 0.1) is 5.75 Å². The molecular weight excluding hydrogens is 344 g/mol. The highest BCUT2D eigenvalue weighted by Gasteiger charge is 2.12. The Labute approximate surface area is 147 Å². The second-order valence-corrected chi connectivity index (χ2v) is 7.00. The molecule has 1 aromatic carbocycles. The fourth-order valence-corrected chi connectivity index (χ4v) is 3.45. The highest BCUT2D eigenvalue weighted by Crippen LogP contribution is 2.26. The molecule has 0 radical (unpaired) electrons. The minimum absolute atomic E-state index is 0.131. The normalized spacial score (nSPS) is 12.1. The van der Waals surface area contributed by atoms with Crippen LogP contribution in [0.4, 0.5) is 5.69 Å². The summed E-state index contributed by atoms with van der Waals surface area (Å²) in [6.07, 6.45) is -0.640. The lowest BCUT2D eigenvalue weighted by molar-refractivity contribution is -0.113. The van der Waals surface area contributed by atoms with Crippen LogP contribution in [-0.4, -0.2) is 31.9 Å². The first-order valence-corrected chi connectivity index (χ1v) is 9.11. The summed E-state index contributed by atoms with van der Waals surface area (Å²) in [5.74, 6) is 0.823. The van der Waals surface area contributed by atoms with Crippen LogP contribution in [-0.2, 0) is 4.79 Å². The van der Waals surface area contributed by atoms with Gasteiger partial charge >= 0.3 is 0 Å². The molecule has 6 nitrogen and oxygen atoms in total. The van der Waals surface area contributed by atoms with Crippen molar-refractivity contribution < 1.29 is 9.90 Å². The number of hydrogen-bond donors (Lipinski definition) is 3. The Morgan fingerprint density at radius 2 is 2.17 bits per heavy atom. The van der Waals surface area contributed by atoms with Crippen molar-refractivity contribution in [1.29, 1.82) is 0 Å². The van der Waals surface area contributed by atoms with Gasteiger partial charge in [0.15, 0.2) is 0 Å². The summed E-state index contributed by atoms with van der Waals surface area (Å²) in [5.41, 5.74) is 1.48. The maximum atomic E-state index is 12.0. The molecule has 2 heterocycles. The smallest absolute Gasteiger partial charge is 0.234 e. The van der Waals surface area contributed by atoms with Crippen LogP contribution in [0.25, 0.3) is 0 Å². The van der Waals surface area contributed by atoms with Crippen molar-refractivity contribution in [3.8, 4) is 0 Å². The Morgan fingerprint density at radius 3 is 2.79 bits per heavy atom. The Bertz CT molecular complexity index is 800. The van der Waals surface area contributed by atoms with Crippen LogP contribution in [0.2, 0.25) is 0 Å². The summed E-state index contributed by atoms with van der Waals surface area (Å²) in [4.78, 5) is 17.0. The van der Waals surface area contributed by atoms with E-state index < -0.39 is 6.10 Å². The number of thioether (sulfide) groups is 1. The molecule has 0 aliphatic heterocycles. The maximum absolute atomic E-state index is 12.0. The van der Waals surface area contributed by atoms with Crippen LogP contribution >= 0.6 is 23.1 Å². The summed E-state index contributed by atoms with van der Waals surface area (Å²) in [7, 11) is 0. The lowest BCUT2D eigenvalue weighted by Gasteiger charge is -2.10. The topological polar surface area (TPSA) is 90.9 Å². The van der Waals surface area contributed by atoms with Crippen molar-refractivity contribution >= 4 is 34.7 Å². The number of aliphatic hydroxyl groups is 1. The number of aromatic nitrogens is 3. The van der Waals surface area contributed by atoms with Crippen molar-refractivity contribution in [3.05, 3.63) is 58.0 Å². The number of carbonyl (C=O) groups excluding carboxylic acids is 1. The lowest BCUT2D eigenvalue weighted by atomic mass is 10.1. The zero-order valence-electron chi connectivity index (χ0n) is 12.9. The van der Waals surface area contributed by atoms with Gasteiger partial charge in [0.1, 0.15) is 11.9 Å². The van der Waals surface area contributed by atoms with Crippen LogP contribution in [0.3, 0.4) is 0 Å². The number of H-pyrrole nitrogens is 1. The third-order valence-electron chi connectivity index (χ3n) is 3.23. The second kappa shape index (κ2) is 7.61. The van der Waals surface area contributed by atoms with E-state index in [1.807, 2.05) is 36.6 Å². The van der Waals surface area contributed by atoms with Crippen molar-refractivity contribution in [2.45, 2.75) is 18.2 Å². The van der Waals surface area contributed by atoms with E-state index in [0.29, 0.717) is 10.8 Å². The van der Waals surface area contributed by atoms with E-state index in [4.69, 9.17) is 0 Å². The number of benzene rings is 1. The largest absolute Gasteiger partial charge is 0.383 e. The van der Waals surface area contributed by atoms with Crippen LogP contribution in [0.15, 0.2) is 46.9 Å². The minimum Gasteiger partial charge on any atom is -0.383 e. The molecule has 0 aliphatic carbocycles. The van der Waals surface area contributed by atoms with E-state index in [2.05, 4.69) is 20.5 Å². The minimum atomic E-state index is -0.640. The zero-order valence-corrected chi connectivity index (χ0v) is 14.5. The van der Waals surface area contributed by atoms with E-state index in [9.17, 15) is 9.90 Å². The summed E-state index contributed by atoms with van der Waals surface area (Å²) >= 11 is 2.78. The van der Waals surface area contributed by atoms with Crippen molar-refractivity contribution in [2.24, 2.45) is 0 Å². The van der Waals surface area contributed by atoms with Crippen LogP contribution < -0.4 is 5.32 Å². The molecule has 0 fully saturated rings. The number of hydrogen-bond acceptors (Lipinski definition) is 6. The van der Waals surface area contributed by atoms with Gasteiger partial charge in [0.25, 0.3) is 0 Å². The molecule has 8 heteroatoms. The molecule has 0 aliphatic rings. The Kier molecular flexibility index (Phi) is 5.29. The average molecular weight is 360 g/mol. The number of thiophene rings is 1. The molecule has 2 aromatic heterocycles. The third kappa shape index (κ3) is 4.22. The number of nitrogens with one attached hydrogen (secondary N) is 2. The first-order valence-electron chi connectivity index (χ1n) is 7.25. The average Bonchev–Trinajstić information content (AvgIpc) is 3.25. The van der Waals surface area contributed by atoms with E-state index in [-0.39, 0.29) is 11.7 Å². The van der Waals surface area contributed by atoms with E-state index in [1.165, 1.54) is 23.1 Å². The molecule has 0 saturated carbocycles. The van der Waals surface area contributed by atoms with Gasteiger partial charge < -0.3 is 10.4 Å². The molecule has 3 aromatic rings. The molecule has 1 amide bonds. The van der Waals surface area contributed by atoms with Crippen LogP contribution in [0.5, 0.6) is 0 Å². The molecule has 24 heavy (non-hydrogen) atoms. The zero-order chi connectivity index (χ0) is 16.9. The molecule has 1 unspecified atom stereocenters. The fraction of sp³-hybridized carbons (Fsp3) is 0.188. The van der Waals surface area contributed by atoms with E-state index >= 15 is 0 Å². The fourth-order valence-electron chi connectivity index (χ4n) is 2.07. The number of carbonyl (C=O) groups is 1. The quantitative estimate of drug-likeness (QED) is 0.588. The second-order valence-electron chi connectivity index (χ2n) is 5.08. The monoisotopic (exact) mass is 360 g/mol. The van der Waals surface area contributed by atoms with Crippen molar-refractivity contribution in [3.63, 3.8) is 0 Å². The molecule has 3 N–H and O–H groups in total. The van der Waals surface area contributed by atoms with Gasteiger partial charge in [-0.25, -0.2) is 4.98 Å². The summed E-state index contributed by atoms with van der Waals surface area (Å²) < 4.78 is 0. The summed E-state index contributed by atoms with van der Waals surface area (Å²) in [6.45, 7) is 1.81. The number of aliphatic hydroxyl groups excluding tert-OH is 1. The first kappa shape index (κ1) is 16.7. The number of aromatic amines is 1. The van der Waals surface area contributed by atoms with Gasteiger partial charge in [0.2, 0.25) is 11.1 Å². The van der Waals surface area contributed by atoms with E-state index in [0.717, 1.165) is 16.3 Å². The van der Waals surface area contributed by atoms with Gasteiger partial charge in [-0.05, 0) is 36.1 Å². The van der Waals surface area contributed by atoms with Crippen molar-refractivity contribution in [1.82, 2.24) is 15.2 Å². The molecule has 1 atom stereocenters. The van der Waals surface area contributed by atoms with Gasteiger partial charge in [0, 0.05) is 10.6 Å². The highest BCUT2D eigenvalue weighted by molar-refractivity contribution is 7.99. The number of nitrogens with zero attached hydrogens (tertiary/aromatic N) is 2. The Balaban J connectivity index is 1.54. The van der Waals surface area contributed by atoms with Gasteiger partial charge in [-0.3, -0.25) is 9.89 Å². The SMILES string of the molecule is Cc1nc(SCC(=O)Nc2ccc(C(O)c3cccs3)cc2)n[nH]1.